The van der Waals surface area contributed by atoms with E-state index in [2.05, 4.69) is 15.6 Å². The summed E-state index contributed by atoms with van der Waals surface area (Å²) in [5.74, 6) is 0.415. The number of hydrogen-bond donors (Lipinski definition) is 3. The first kappa shape index (κ1) is 27.8. The maximum absolute atomic E-state index is 11.8. The molecule has 0 spiro atoms. The second kappa shape index (κ2) is 13.3. The lowest BCUT2D eigenvalue weighted by atomic mass is 10.1. The minimum absolute atomic E-state index is 0. The van der Waals surface area contributed by atoms with E-state index >= 15 is 0 Å². The number of rotatable bonds is 6. The summed E-state index contributed by atoms with van der Waals surface area (Å²) in [6.45, 7) is 9.51. The van der Waals surface area contributed by atoms with E-state index in [9.17, 15) is 9.59 Å². The molecule has 1 heterocycles. The highest BCUT2D eigenvalue weighted by Crippen LogP contribution is 2.14. The van der Waals surface area contributed by atoms with Gasteiger partial charge in [-0.15, -0.1) is 24.0 Å². The summed E-state index contributed by atoms with van der Waals surface area (Å²) in [6.07, 6.45) is 1.62. The van der Waals surface area contributed by atoms with E-state index < -0.39 is 11.7 Å². The van der Waals surface area contributed by atoms with E-state index in [1.165, 1.54) is 0 Å². The Balaban J connectivity index is 0.00000512. The Bertz CT molecular complexity index is 757. The van der Waals surface area contributed by atoms with Gasteiger partial charge in [0.15, 0.2) is 5.96 Å². The van der Waals surface area contributed by atoms with Crippen LogP contribution in [0.2, 0.25) is 0 Å². The summed E-state index contributed by atoms with van der Waals surface area (Å²) in [6, 6.07) is 7.75. The Labute approximate surface area is 207 Å². The number of hydrogen-bond acceptors (Lipinski definition) is 5. The minimum Gasteiger partial charge on any atom is -0.450 e. The molecule has 0 unspecified atom stereocenters. The van der Waals surface area contributed by atoms with Crippen molar-refractivity contribution >= 4 is 47.8 Å². The summed E-state index contributed by atoms with van der Waals surface area (Å²) in [5, 5.41) is 5.94. The molecule has 1 aromatic rings. The van der Waals surface area contributed by atoms with Gasteiger partial charge in [-0.2, -0.15) is 0 Å². The van der Waals surface area contributed by atoms with Crippen molar-refractivity contribution in [3.8, 4) is 0 Å². The number of piperidine rings is 1. The average molecular weight is 561 g/mol. The Morgan fingerprint density at radius 1 is 1.19 bits per heavy atom. The normalized spacial score (nSPS) is 14.9. The first-order chi connectivity index (χ1) is 14.7. The molecule has 32 heavy (non-hydrogen) atoms. The summed E-state index contributed by atoms with van der Waals surface area (Å²) < 4.78 is 10.3. The van der Waals surface area contributed by atoms with Crippen molar-refractivity contribution in [2.24, 2.45) is 10.7 Å². The lowest BCUT2D eigenvalue weighted by Crippen LogP contribution is -2.48. The fraction of sp³-hybridized carbons (Fsp3) is 0.591. The number of likely N-dealkylation sites (tertiary alicyclic amines) is 1. The van der Waals surface area contributed by atoms with E-state index in [1.54, 1.807) is 11.8 Å². The zero-order valence-corrected chi connectivity index (χ0v) is 21.7. The van der Waals surface area contributed by atoms with Crippen LogP contribution in [-0.2, 0) is 15.9 Å². The number of anilines is 1. The van der Waals surface area contributed by atoms with Crippen LogP contribution in [0.3, 0.4) is 0 Å². The van der Waals surface area contributed by atoms with E-state index in [-0.39, 0.29) is 36.1 Å². The molecule has 0 bridgehead atoms. The molecule has 2 amide bonds. The van der Waals surface area contributed by atoms with Crippen LogP contribution >= 0.6 is 24.0 Å². The third-order valence-electron chi connectivity index (χ3n) is 4.65. The molecular weight excluding hydrogens is 525 g/mol. The van der Waals surface area contributed by atoms with E-state index in [0.29, 0.717) is 37.9 Å². The molecule has 0 atom stereocenters. The first-order valence-corrected chi connectivity index (χ1v) is 10.7. The van der Waals surface area contributed by atoms with Gasteiger partial charge >= 0.3 is 12.2 Å². The lowest BCUT2D eigenvalue weighted by molar-refractivity contribution is 0.0635. The van der Waals surface area contributed by atoms with Gasteiger partial charge in [0.1, 0.15) is 5.60 Å². The standard InChI is InChI=1S/C22H35N5O4.HI/c1-5-30-21(29)27-14-11-18(12-15-27)25-19(23)24-13-10-16-6-8-17(9-7-16)26-20(28)31-22(2,3)4;/h6-9,18H,5,10-15H2,1-4H3,(H,26,28)(H3,23,24,25);1H. The molecule has 4 N–H and O–H groups in total. The number of carbonyl (C=O) groups is 2. The molecule has 0 aromatic heterocycles. The number of halogens is 1. The van der Waals surface area contributed by atoms with Crippen molar-refractivity contribution in [3.05, 3.63) is 29.8 Å². The van der Waals surface area contributed by atoms with Gasteiger partial charge in [0.25, 0.3) is 0 Å². The molecule has 1 aliphatic heterocycles. The van der Waals surface area contributed by atoms with Gasteiger partial charge in [-0.25, -0.2) is 9.59 Å². The molecule has 0 radical (unpaired) electrons. The third-order valence-corrected chi connectivity index (χ3v) is 4.65. The van der Waals surface area contributed by atoms with Crippen molar-refractivity contribution in [1.82, 2.24) is 10.2 Å². The highest BCUT2D eigenvalue weighted by Gasteiger charge is 2.23. The van der Waals surface area contributed by atoms with Crippen LogP contribution in [0.4, 0.5) is 15.3 Å². The van der Waals surface area contributed by atoms with Gasteiger partial charge in [0.05, 0.1) is 6.61 Å². The zero-order chi connectivity index (χ0) is 22.9. The maximum Gasteiger partial charge on any atom is 0.412 e. The van der Waals surface area contributed by atoms with E-state index in [0.717, 1.165) is 24.8 Å². The van der Waals surface area contributed by atoms with Crippen LogP contribution < -0.4 is 16.4 Å². The molecule has 10 heteroatoms. The number of guanidine groups is 1. The molecule has 1 aromatic carbocycles. The first-order valence-electron chi connectivity index (χ1n) is 10.7. The smallest absolute Gasteiger partial charge is 0.412 e. The highest BCUT2D eigenvalue weighted by molar-refractivity contribution is 14.0. The molecular formula is C22H36IN5O4. The van der Waals surface area contributed by atoms with Crippen LogP contribution in [0.1, 0.15) is 46.1 Å². The van der Waals surface area contributed by atoms with Crippen molar-refractivity contribution in [2.75, 3.05) is 31.6 Å². The molecule has 1 aliphatic rings. The monoisotopic (exact) mass is 561 g/mol. The predicted octanol–water partition coefficient (Wildman–Crippen LogP) is 3.72. The van der Waals surface area contributed by atoms with Gasteiger partial charge in [-0.05, 0) is 64.7 Å². The number of ether oxygens (including phenoxy) is 2. The molecule has 0 aliphatic carbocycles. The van der Waals surface area contributed by atoms with Crippen molar-refractivity contribution < 1.29 is 19.1 Å². The van der Waals surface area contributed by atoms with Crippen LogP contribution in [0, 0.1) is 0 Å². The maximum atomic E-state index is 11.8. The van der Waals surface area contributed by atoms with Gasteiger partial charge in [-0.3, -0.25) is 10.3 Å². The van der Waals surface area contributed by atoms with Gasteiger partial charge < -0.3 is 25.4 Å². The lowest BCUT2D eigenvalue weighted by Gasteiger charge is -2.31. The summed E-state index contributed by atoms with van der Waals surface area (Å²) in [7, 11) is 0. The number of carbonyl (C=O) groups excluding carboxylic acids is 2. The van der Waals surface area contributed by atoms with Gasteiger partial charge in [-0.1, -0.05) is 12.1 Å². The summed E-state index contributed by atoms with van der Waals surface area (Å²) in [4.78, 5) is 29.7. The van der Waals surface area contributed by atoms with Crippen molar-refractivity contribution in [3.63, 3.8) is 0 Å². The number of amides is 2. The molecule has 180 valence electrons. The number of nitrogens with zero attached hydrogens (tertiary/aromatic N) is 2. The molecule has 9 nitrogen and oxygen atoms in total. The quantitative estimate of drug-likeness (QED) is 0.277. The van der Waals surface area contributed by atoms with Gasteiger partial charge in [0.2, 0.25) is 0 Å². The van der Waals surface area contributed by atoms with Crippen molar-refractivity contribution in [1.29, 1.82) is 0 Å². The third kappa shape index (κ3) is 10.4. The number of nitrogens with two attached hydrogens (primary N) is 1. The molecule has 2 rings (SSSR count). The molecule has 1 fully saturated rings. The van der Waals surface area contributed by atoms with Crippen LogP contribution in [0.25, 0.3) is 0 Å². The largest absolute Gasteiger partial charge is 0.450 e. The zero-order valence-electron chi connectivity index (χ0n) is 19.3. The fourth-order valence-corrected chi connectivity index (χ4v) is 3.16. The SMILES string of the molecule is CCOC(=O)N1CCC(NC(N)=NCCc2ccc(NC(=O)OC(C)(C)C)cc2)CC1.I. The summed E-state index contributed by atoms with van der Waals surface area (Å²) >= 11 is 0. The Morgan fingerprint density at radius 2 is 1.81 bits per heavy atom. The second-order valence-corrected chi connectivity index (χ2v) is 8.45. The van der Waals surface area contributed by atoms with Crippen LogP contribution in [0.15, 0.2) is 29.3 Å². The summed E-state index contributed by atoms with van der Waals surface area (Å²) in [5.41, 5.74) is 7.25. The van der Waals surface area contributed by atoms with Crippen LogP contribution in [-0.4, -0.2) is 60.9 Å². The Hall–Kier alpha value is -2.24. The number of aliphatic imine (C=N–C) groups is 1. The van der Waals surface area contributed by atoms with Crippen molar-refractivity contribution in [2.45, 2.75) is 58.6 Å². The number of nitrogens with one attached hydrogen (secondary N) is 2. The topological polar surface area (TPSA) is 118 Å². The Kier molecular flexibility index (Phi) is 11.6. The van der Waals surface area contributed by atoms with Gasteiger partial charge in [0, 0.05) is 31.4 Å². The predicted molar refractivity (Wildman–Crippen MR) is 137 cm³/mol. The molecule has 0 saturated carbocycles. The highest BCUT2D eigenvalue weighted by atomic mass is 127. The van der Waals surface area contributed by atoms with E-state index in [1.807, 2.05) is 45.0 Å². The van der Waals surface area contributed by atoms with E-state index in [4.69, 9.17) is 15.2 Å². The average Bonchev–Trinajstić information content (AvgIpc) is 2.68. The van der Waals surface area contributed by atoms with Crippen LogP contribution in [0.5, 0.6) is 0 Å². The minimum atomic E-state index is -0.534. The number of benzene rings is 1. The second-order valence-electron chi connectivity index (χ2n) is 8.45. The Morgan fingerprint density at radius 3 is 2.38 bits per heavy atom. The fourth-order valence-electron chi connectivity index (χ4n) is 3.16. The molecule has 1 saturated heterocycles.